The Morgan fingerprint density at radius 1 is 1.47 bits per heavy atom. The van der Waals surface area contributed by atoms with E-state index < -0.39 is 0 Å². The van der Waals surface area contributed by atoms with Gasteiger partial charge in [0.1, 0.15) is 0 Å². The summed E-state index contributed by atoms with van der Waals surface area (Å²) in [6.45, 7) is 7.60. The molecule has 2 saturated heterocycles. The Morgan fingerprint density at radius 2 is 2.16 bits per heavy atom. The molecule has 0 bridgehead atoms. The molecule has 2 amide bonds. The van der Waals surface area contributed by atoms with Gasteiger partial charge in [0.25, 0.3) is 0 Å². The minimum atomic E-state index is -0.262. The molecule has 19 heavy (non-hydrogen) atoms. The van der Waals surface area contributed by atoms with Gasteiger partial charge in [-0.25, -0.2) is 0 Å². The summed E-state index contributed by atoms with van der Waals surface area (Å²) in [5.74, 6) is -0.262. The first-order valence-corrected chi connectivity index (χ1v) is 8.23. The summed E-state index contributed by atoms with van der Waals surface area (Å²) in [5, 5.41) is 8.72. The van der Waals surface area contributed by atoms with Crippen molar-refractivity contribution < 1.29 is 28.9 Å². The third-order valence-electron chi connectivity index (χ3n) is 2.87. The van der Waals surface area contributed by atoms with Gasteiger partial charge < -0.3 is 0 Å². The van der Waals surface area contributed by atoms with Crippen LogP contribution in [0.4, 0.5) is 4.79 Å². The van der Waals surface area contributed by atoms with E-state index in [-0.39, 0.29) is 22.8 Å². The van der Waals surface area contributed by atoms with Gasteiger partial charge in [-0.1, -0.05) is 0 Å². The molecule has 0 radical (unpaired) electrons. The summed E-state index contributed by atoms with van der Waals surface area (Å²) < 4.78 is 0.813. The second kappa shape index (κ2) is 6.64. The van der Waals surface area contributed by atoms with Gasteiger partial charge in [-0.2, -0.15) is 0 Å². The van der Waals surface area contributed by atoms with E-state index in [1.807, 2.05) is 0 Å². The molecule has 2 aliphatic rings. The van der Waals surface area contributed by atoms with Crippen molar-refractivity contribution in [2.75, 3.05) is 13.1 Å². The van der Waals surface area contributed by atoms with E-state index in [0.717, 1.165) is 66.0 Å². The SMILES string of the molecule is [CH-]=C(/C=C1/SC(=O)N[C]1=[W])C(=O)NC1CCNCC1. The first kappa shape index (κ1) is 14.7. The fourth-order valence-electron chi connectivity index (χ4n) is 1.86. The standard InChI is InChI=1S/C12H14N3O2S.W/c1-8(6-10-7-14-12(17)18-10)11(16)15-9-2-4-13-5-3-9;/h1,6,9,13H,2-5H2,(H,14,17)(H,15,16);/q-1;/b10-6+;. The van der Waals surface area contributed by atoms with Crippen LogP contribution in [0.15, 0.2) is 16.6 Å². The van der Waals surface area contributed by atoms with Crippen LogP contribution in [-0.4, -0.2) is 34.3 Å². The van der Waals surface area contributed by atoms with Crippen molar-refractivity contribution in [2.24, 2.45) is 0 Å². The summed E-state index contributed by atoms with van der Waals surface area (Å²) in [7, 11) is 0. The van der Waals surface area contributed by atoms with E-state index in [9.17, 15) is 9.59 Å². The Morgan fingerprint density at radius 3 is 2.74 bits per heavy atom. The minimum absolute atomic E-state index is 0.122. The first-order chi connectivity index (χ1) is 9.06. The summed E-state index contributed by atoms with van der Waals surface area (Å²) in [4.78, 5) is 23.8. The summed E-state index contributed by atoms with van der Waals surface area (Å²) in [5.41, 5.74) is 0.149. The van der Waals surface area contributed by atoms with Gasteiger partial charge in [0.2, 0.25) is 0 Å². The molecular formula is C12H14N3O2SW-. The number of nitrogens with one attached hydrogen (secondary N) is 3. The van der Waals surface area contributed by atoms with Crippen LogP contribution in [-0.2, 0) is 24.1 Å². The van der Waals surface area contributed by atoms with E-state index in [1.165, 1.54) is 0 Å². The molecule has 0 aliphatic carbocycles. The first-order valence-electron chi connectivity index (χ1n) is 5.95. The number of carbonyl (C=O) groups excluding carboxylic acids is 2. The Balaban J connectivity index is 1.92. The molecule has 2 rings (SSSR count). The Kier molecular flexibility index (Phi) is 5.13. The van der Waals surface area contributed by atoms with E-state index in [1.54, 1.807) is 6.08 Å². The van der Waals surface area contributed by atoms with Crippen molar-refractivity contribution in [3.63, 3.8) is 0 Å². The zero-order valence-electron chi connectivity index (χ0n) is 10.2. The van der Waals surface area contributed by atoms with Gasteiger partial charge in [-0.3, -0.25) is 0 Å². The van der Waals surface area contributed by atoms with Crippen LogP contribution < -0.4 is 16.0 Å². The van der Waals surface area contributed by atoms with Crippen molar-refractivity contribution in [2.45, 2.75) is 18.9 Å². The van der Waals surface area contributed by atoms with Crippen LogP contribution >= 0.6 is 11.8 Å². The van der Waals surface area contributed by atoms with E-state index in [4.69, 9.17) is 6.58 Å². The molecule has 2 fully saturated rings. The normalized spacial score (nSPS) is 22.4. The van der Waals surface area contributed by atoms with Crippen molar-refractivity contribution in [3.05, 3.63) is 23.1 Å². The number of amides is 2. The number of thioether (sulfide) groups is 1. The molecule has 0 aromatic heterocycles. The van der Waals surface area contributed by atoms with Crippen LogP contribution in [0, 0.1) is 6.58 Å². The molecular weight excluding hydrogens is 434 g/mol. The van der Waals surface area contributed by atoms with Gasteiger partial charge in [0.05, 0.1) is 0 Å². The average Bonchev–Trinajstić information content (AvgIpc) is 2.69. The molecule has 3 N–H and O–H groups in total. The van der Waals surface area contributed by atoms with Gasteiger partial charge in [-0.05, 0) is 0 Å². The summed E-state index contributed by atoms with van der Waals surface area (Å²) in [6.07, 6.45) is 3.40. The molecule has 0 spiro atoms. The van der Waals surface area contributed by atoms with Crippen molar-refractivity contribution in [3.8, 4) is 0 Å². The quantitative estimate of drug-likeness (QED) is 0.428. The predicted octanol–water partition coefficient (Wildman–Crippen LogP) is 0.231. The zero-order valence-corrected chi connectivity index (χ0v) is 13.9. The van der Waals surface area contributed by atoms with Crippen LogP contribution in [0.2, 0.25) is 0 Å². The van der Waals surface area contributed by atoms with Gasteiger partial charge >= 0.3 is 127 Å². The summed E-state index contributed by atoms with van der Waals surface area (Å²) >= 11 is 2.21. The molecule has 0 aromatic rings. The second-order valence-corrected chi connectivity index (χ2v) is 6.79. The molecule has 102 valence electrons. The van der Waals surface area contributed by atoms with Crippen LogP contribution in [0.1, 0.15) is 12.8 Å². The van der Waals surface area contributed by atoms with Crippen molar-refractivity contribution >= 4 is 26.9 Å². The molecule has 0 atom stereocenters. The third kappa shape index (κ3) is 4.13. The predicted molar refractivity (Wildman–Crippen MR) is 71.1 cm³/mol. The molecule has 7 heteroatoms. The van der Waals surface area contributed by atoms with E-state index in [0.29, 0.717) is 0 Å². The Labute approximate surface area is 127 Å². The topological polar surface area (TPSA) is 70.2 Å². The van der Waals surface area contributed by atoms with Crippen LogP contribution in [0.25, 0.3) is 0 Å². The molecule has 0 aromatic carbocycles. The number of hydrogen-bond acceptors (Lipinski definition) is 4. The Hall–Kier alpha value is -0.712. The van der Waals surface area contributed by atoms with E-state index in [2.05, 4.69) is 16.0 Å². The number of rotatable bonds is 3. The van der Waals surface area contributed by atoms with E-state index >= 15 is 0 Å². The number of carbonyl (C=O) groups is 2. The van der Waals surface area contributed by atoms with Gasteiger partial charge in [0.15, 0.2) is 0 Å². The summed E-state index contributed by atoms with van der Waals surface area (Å²) in [6, 6.07) is 0.178. The van der Waals surface area contributed by atoms with Gasteiger partial charge in [0, 0.05) is 0 Å². The maximum atomic E-state index is 11.9. The molecule has 2 aliphatic heterocycles. The zero-order chi connectivity index (χ0) is 13.8. The second-order valence-electron chi connectivity index (χ2n) is 4.31. The molecule has 2 heterocycles. The van der Waals surface area contributed by atoms with Gasteiger partial charge in [-0.15, -0.1) is 0 Å². The molecule has 0 unspecified atom stereocenters. The van der Waals surface area contributed by atoms with Crippen molar-refractivity contribution in [1.29, 1.82) is 0 Å². The maximum absolute atomic E-state index is 11.9. The van der Waals surface area contributed by atoms with Crippen LogP contribution in [0.3, 0.4) is 0 Å². The fourth-order valence-corrected chi connectivity index (χ4v) is 3.80. The fraction of sp³-hybridized carbons (Fsp3) is 0.417. The average molecular weight is 448 g/mol. The third-order valence-corrected chi connectivity index (χ3v) is 5.36. The van der Waals surface area contributed by atoms with Crippen molar-refractivity contribution in [1.82, 2.24) is 16.0 Å². The monoisotopic (exact) mass is 448 g/mol. The number of hydrogen-bond donors (Lipinski definition) is 3. The Bertz CT molecular complexity index is 470. The molecule has 5 nitrogen and oxygen atoms in total. The van der Waals surface area contributed by atoms with Crippen LogP contribution in [0.5, 0.6) is 0 Å². The number of piperidine rings is 1. The molecule has 0 saturated carbocycles.